The number of sulfonamides is 1. The Morgan fingerprint density at radius 1 is 1.12 bits per heavy atom. The molecule has 25 heavy (non-hydrogen) atoms. The number of benzene rings is 2. The fourth-order valence-corrected chi connectivity index (χ4v) is 4.01. The molecule has 134 valence electrons. The first-order valence-corrected chi connectivity index (χ1v) is 9.96. The number of rotatable bonds is 5. The van der Waals surface area contributed by atoms with Gasteiger partial charge in [0.15, 0.2) is 0 Å². The molecule has 0 aliphatic carbocycles. The second-order valence-electron chi connectivity index (χ2n) is 5.97. The molecule has 5 nitrogen and oxygen atoms in total. The maximum Gasteiger partial charge on any atom is 0.248 e. The smallest absolute Gasteiger partial charge is 0.248 e. The molecule has 0 radical (unpaired) electrons. The minimum absolute atomic E-state index is 0.346. The summed E-state index contributed by atoms with van der Waals surface area (Å²) in [4.78, 5) is 12.7. The predicted molar refractivity (Wildman–Crippen MR) is 103 cm³/mol. The summed E-state index contributed by atoms with van der Waals surface area (Å²) in [6.07, 6.45) is 1.07. The molecule has 2 aromatic carbocycles. The van der Waals surface area contributed by atoms with E-state index < -0.39 is 22.0 Å². The van der Waals surface area contributed by atoms with E-state index in [0.717, 1.165) is 21.7 Å². The summed E-state index contributed by atoms with van der Waals surface area (Å²) in [5.41, 5.74) is 2.86. The molecule has 0 unspecified atom stereocenters. The van der Waals surface area contributed by atoms with Crippen molar-refractivity contribution in [1.29, 1.82) is 0 Å². The molecule has 0 aromatic heterocycles. The topological polar surface area (TPSA) is 66.5 Å². The van der Waals surface area contributed by atoms with E-state index >= 15 is 0 Å². The van der Waals surface area contributed by atoms with Gasteiger partial charge in [0.25, 0.3) is 0 Å². The number of para-hydroxylation sites is 1. The highest BCUT2D eigenvalue weighted by Gasteiger charge is 2.29. The molecule has 0 aliphatic rings. The van der Waals surface area contributed by atoms with Crippen LogP contribution in [-0.2, 0) is 14.8 Å². The lowest BCUT2D eigenvalue weighted by atomic mass is 10.1. The molecule has 0 saturated carbocycles. The van der Waals surface area contributed by atoms with Crippen molar-refractivity contribution in [3.05, 3.63) is 58.6 Å². The molecule has 7 heteroatoms. The Morgan fingerprint density at radius 3 is 2.20 bits per heavy atom. The number of amides is 1. The monoisotopic (exact) mass is 380 g/mol. The maximum absolute atomic E-state index is 12.7. The molecule has 0 aliphatic heterocycles. The third kappa shape index (κ3) is 4.52. The van der Waals surface area contributed by atoms with E-state index in [2.05, 4.69) is 5.32 Å². The van der Waals surface area contributed by atoms with Crippen LogP contribution in [0.15, 0.2) is 42.5 Å². The Kier molecular flexibility index (Phi) is 5.75. The van der Waals surface area contributed by atoms with Gasteiger partial charge in [-0.05, 0) is 50.1 Å². The van der Waals surface area contributed by atoms with E-state index in [-0.39, 0.29) is 0 Å². The summed E-state index contributed by atoms with van der Waals surface area (Å²) in [6, 6.07) is 11.2. The van der Waals surface area contributed by atoms with Gasteiger partial charge in [-0.25, -0.2) is 8.42 Å². The third-order valence-corrected chi connectivity index (χ3v) is 5.36. The molecule has 0 bridgehead atoms. The zero-order valence-electron chi connectivity index (χ0n) is 14.6. The van der Waals surface area contributed by atoms with Gasteiger partial charge >= 0.3 is 0 Å². The lowest BCUT2D eigenvalue weighted by Crippen LogP contribution is -2.45. The summed E-state index contributed by atoms with van der Waals surface area (Å²) < 4.78 is 25.6. The summed E-state index contributed by atoms with van der Waals surface area (Å²) in [5, 5.41) is 3.23. The van der Waals surface area contributed by atoms with Crippen molar-refractivity contribution >= 4 is 38.9 Å². The van der Waals surface area contributed by atoms with Crippen LogP contribution in [0.4, 0.5) is 11.4 Å². The average Bonchev–Trinajstić information content (AvgIpc) is 2.49. The van der Waals surface area contributed by atoms with Gasteiger partial charge in [0, 0.05) is 10.7 Å². The molecule has 1 atom stereocenters. The zero-order chi connectivity index (χ0) is 18.8. The highest BCUT2D eigenvalue weighted by Crippen LogP contribution is 2.25. The van der Waals surface area contributed by atoms with Crippen LogP contribution in [0.2, 0.25) is 5.02 Å². The van der Waals surface area contributed by atoms with Crippen molar-refractivity contribution in [3.63, 3.8) is 0 Å². The van der Waals surface area contributed by atoms with Gasteiger partial charge < -0.3 is 5.32 Å². The molecule has 0 fully saturated rings. The SMILES string of the molecule is Cc1cccc(C)c1NC(=O)[C@@H](C)N(c1cccc(Cl)c1)S(C)(=O)=O. The Bertz CT molecular complexity index is 877. The second-order valence-corrected chi connectivity index (χ2v) is 8.27. The summed E-state index contributed by atoms with van der Waals surface area (Å²) in [7, 11) is -3.68. The number of nitrogens with zero attached hydrogens (tertiary/aromatic N) is 1. The lowest BCUT2D eigenvalue weighted by Gasteiger charge is -2.28. The first-order chi connectivity index (χ1) is 11.6. The van der Waals surface area contributed by atoms with Crippen LogP contribution in [-0.4, -0.2) is 26.6 Å². The Balaban J connectivity index is 2.37. The van der Waals surface area contributed by atoms with Gasteiger partial charge in [0.1, 0.15) is 6.04 Å². The molecular formula is C18H21ClN2O3S. The van der Waals surface area contributed by atoms with Gasteiger partial charge in [-0.2, -0.15) is 0 Å². The van der Waals surface area contributed by atoms with Gasteiger partial charge in [0.05, 0.1) is 11.9 Å². The van der Waals surface area contributed by atoms with Gasteiger partial charge in [-0.3, -0.25) is 9.10 Å². The summed E-state index contributed by atoms with van der Waals surface area (Å²) >= 11 is 5.97. The highest BCUT2D eigenvalue weighted by atomic mass is 35.5. The molecule has 1 amide bonds. The van der Waals surface area contributed by atoms with E-state index in [1.165, 1.54) is 6.07 Å². The van der Waals surface area contributed by atoms with E-state index in [0.29, 0.717) is 16.4 Å². The number of hydrogen-bond acceptors (Lipinski definition) is 3. The normalized spacial score (nSPS) is 12.5. The maximum atomic E-state index is 12.7. The van der Waals surface area contributed by atoms with Crippen molar-refractivity contribution in [2.24, 2.45) is 0 Å². The van der Waals surface area contributed by atoms with Gasteiger partial charge in [0.2, 0.25) is 15.9 Å². The molecule has 2 aromatic rings. The minimum atomic E-state index is -3.68. The van der Waals surface area contributed by atoms with Crippen LogP contribution >= 0.6 is 11.6 Å². The summed E-state index contributed by atoms with van der Waals surface area (Å²) in [5.74, 6) is -0.414. The van der Waals surface area contributed by atoms with Crippen LogP contribution < -0.4 is 9.62 Å². The first kappa shape index (κ1) is 19.3. The number of aryl methyl sites for hydroxylation is 2. The van der Waals surface area contributed by atoms with Crippen molar-refractivity contribution in [1.82, 2.24) is 0 Å². The number of nitrogens with one attached hydrogen (secondary N) is 1. The lowest BCUT2D eigenvalue weighted by molar-refractivity contribution is -0.116. The number of anilines is 2. The first-order valence-electron chi connectivity index (χ1n) is 7.73. The third-order valence-electron chi connectivity index (χ3n) is 3.88. The zero-order valence-corrected chi connectivity index (χ0v) is 16.1. The van der Waals surface area contributed by atoms with E-state index in [4.69, 9.17) is 11.6 Å². The van der Waals surface area contributed by atoms with E-state index in [1.54, 1.807) is 25.1 Å². The fraction of sp³-hybridized carbons (Fsp3) is 0.278. The molecule has 2 rings (SSSR count). The number of hydrogen-bond donors (Lipinski definition) is 1. The predicted octanol–water partition coefficient (Wildman–Crippen LogP) is 3.75. The number of halogens is 1. The van der Waals surface area contributed by atoms with Gasteiger partial charge in [-0.1, -0.05) is 35.9 Å². The Labute approximate surface area is 153 Å². The molecule has 0 heterocycles. The summed E-state index contributed by atoms with van der Waals surface area (Å²) in [6.45, 7) is 5.32. The average molecular weight is 381 g/mol. The van der Waals surface area contributed by atoms with Crippen LogP contribution in [0.25, 0.3) is 0 Å². The van der Waals surface area contributed by atoms with Crippen molar-refractivity contribution in [3.8, 4) is 0 Å². The van der Waals surface area contributed by atoms with Crippen LogP contribution in [0.1, 0.15) is 18.1 Å². The van der Waals surface area contributed by atoms with E-state index in [1.807, 2.05) is 32.0 Å². The Hall–Kier alpha value is -2.05. The number of carbonyl (C=O) groups is 1. The number of carbonyl (C=O) groups excluding carboxylic acids is 1. The van der Waals surface area contributed by atoms with E-state index in [9.17, 15) is 13.2 Å². The molecular weight excluding hydrogens is 360 g/mol. The second kappa shape index (κ2) is 7.45. The van der Waals surface area contributed by atoms with Crippen LogP contribution in [0.5, 0.6) is 0 Å². The Morgan fingerprint density at radius 2 is 1.68 bits per heavy atom. The van der Waals surface area contributed by atoms with Crippen LogP contribution in [0.3, 0.4) is 0 Å². The molecule has 1 N–H and O–H groups in total. The molecule has 0 spiro atoms. The van der Waals surface area contributed by atoms with Crippen molar-refractivity contribution in [2.75, 3.05) is 15.9 Å². The van der Waals surface area contributed by atoms with Crippen LogP contribution in [0, 0.1) is 13.8 Å². The largest absolute Gasteiger partial charge is 0.324 e. The minimum Gasteiger partial charge on any atom is -0.324 e. The van der Waals surface area contributed by atoms with Crippen molar-refractivity contribution < 1.29 is 13.2 Å². The van der Waals surface area contributed by atoms with Crippen molar-refractivity contribution in [2.45, 2.75) is 26.8 Å². The quantitative estimate of drug-likeness (QED) is 0.858. The molecule has 0 saturated heterocycles. The van der Waals surface area contributed by atoms with Gasteiger partial charge in [-0.15, -0.1) is 0 Å². The highest BCUT2D eigenvalue weighted by molar-refractivity contribution is 7.92. The standard InChI is InChI=1S/C18H21ClN2O3S/c1-12-7-5-8-13(2)17(12)20-18(22)14(3)21(25(4,23)24)16-10-6-9-15(19)11-16/h5-11,14H,1-4H3,(H,20,22)/t14-/m1/s1. The fourth-order valence-electron chi connectivity index (χ4n) is 2.66.